The van der Waals surface area contributed by atoms with Gasteiger partial charge in [0, 0.05) is 27.1 Å². The van der Waals surface area contributed by atoms with E-state index in [1.807, 2.05) is 54.8 Å². The summed E-state index contributed by atoms with van der Waals surface area (Å²) in [6.07, 6.45) is 0.295. The van der Waals surface area contributed by atoms with Crippen molar-refractivity contribution in [3.05, 3.63) is 80.8 Å². The van der Waals surface area contributed by atoms with Gasteiger partial charge in [0.15, 0.2) is 0 Å². The first-order valence-corrected chi connectivity index (χ1v) is 11.0. The van der Waals surface area contributed by atoms with Crippen LogP contribution in [-0.4, -0.2) is 10.9 Å². The molecular weight excluding hydrogens is 396 g/mol. The van der Waals surface area contributed by atoms with Crippen LogP contribution in [0.4, 0.5) is 5.69 Å². The number of anilines is 1. The number of thioether (sulfide) groups is 1. The van der Waals surface area contributed by atoms with Crippen molar-refractivity contribution in [2.75, 3.05) is 5.32 Å². The Morgan fingerprint density at radius 2 is 1.96 bits per heavy atom. The number of halogens is 1. The van der Waals surface area contributed by atoms with Crippen LogP contribution < -0.4 is 5.32 Å². The highest BCUT2D eigenvalue weighted by atomic mass is 35.5. The van der Waals surface area contributed by atoms with Crippen molar-refractivity contribution in [1.29, 1.82) is 0 Å². The van der Waals surface area contributed by atoms with Crippen LogP contribution in [0.1, 0.15) is 34.0 Å². The highest BCUT2D eigenvalue weighted by Gasteiger charge is 2.13. The Morgan fingerprint density at radius 3 is 2.74 bits per heavy atom. The zero-order chi connectivity index (χ0) is 19.2. The maximum atomic E-state index is 12.3. The molecule has 3 aromatic rings. The Labute approximate surface area is 173 Å². The second-order valence-electron chi connectivity index (χ2n) is 6.25. The van der Waals surface area contributed by atoms with Crippen LogP contribution in [0.3, 0.4) is 0 Å². The van der Waals surface area contributed by atoms with E-state index in [9.17, 15) is 4.79 Å². The lowest BCUT2D eigenvalue weighted by Gasteiger charge is -2.12. The molecule has 1 heterocycles. The molecule has 3 nitrogen and oxygen atoms in total. The lowest BCUT2D eigenvalue weighted by molar-refractivity contribution is -0.115. The van der Waals surface area contributed by atoms with Gasteiger partial charge < -0.3 is 5.32 Å². The number of aryl methyl sites for hydroxylation is 1. The molecule has 1 amide bonds. The van der Waals surface area contributed by atoms with Gasteiger partial charge in [-0.05, 0) is 37.1 Å². The smallest absolute Gasteiger partial charge is 0.231 e. The van der Waals surface area contributed by atoms with Crippen molar-refractivity contribution in [3.63, 3.8) is 0 Å². The number of benzene rings is 2. The predicted molar refractivity (Wildman–Crippen MR) is 117 cm³/mol. The molecule has 1 atom stereocenters. The summed E-state index contributed by atoms with van der Waals surface area (Å²) in [5.74, 6) is 0.754. The van der Waals surface area contributed by atoms with E-state index in [1.165, 1.54) is 11.3 Å². The number of nitrogens with zero attached hydrogens (tertiary/aromatic N) is 1. The van der Waals surface area contributed by atoms with Gasteiger partial charge in [0.2, 0.25) is 5.91 Å². The van der Waals surface area contributed by atoms with Gasteiger partial charge in [-0.1, -0.05) is 48.0 Å². The highest BCUT2D eigenvalue weighted by molar-refractivity contribution is 7.98. The van der Waals surface area contributed by atoms with Gasteiger partial charge in [-0.3, -0.25) is 4.79 Å². The van der Waals surface area contributed by atoms with Crippen molar-refractivity contribution in [1.82, 2.24) is 4.98 Å². The highest BCUT2D eigenvalue weighted by Crippen LogP contribution is 2.35. The van der Waals surface area contributed by atoms with Crippen LogP contribution in [0.2, 0.25) is 5.02 Å². The van der Waals surface area contributed by atoms with Crippen LogP contribution in [0.25, 0.3) is 0 Å². The molecule has 0 spiro atoms. The molecule has 0 aliphatic heterocycles. The topological polar surface area (TPSA) is 42.0 Å². The Morgan fingerprint density at radius 1 is 1.22 bits per heavy atom. The zero-order valence-electron chi connectivity index (χ0n) is 15.2. The first kappa shape index (κ1) is 19.9. The minimum atomic E-state index is -0.0395. The fraction of sp³-hybridized carbons (Fsp3) is 0.238. The van der Waals surface area contributed by atoms with Crippen LogP contribution in [-0.2, 0) is 17.0 Å². The molecule has 0 fully saturated rings. The van der Waals surface area contributed by atoms with E-state index in [0.29, 0.717) is 6.42 Å². The Kier molecular flexibility index (Phi) is 6.94. The number of thiazole rings is 1. The van der Waals surface area contributed by atoms with Gasteiger partial charge in [0.05, 0.1) is 12.1 Å². The first-order chi connectivity index (χ1) is 13.0. The standard InChI is InChI=1S/C21H21ClN2OS2/c1-14-7-3-6-10-19(14)24-20(25)11-21-23-16(13-27-21)12-26-15(2)17-8-4-5-9-18(17)22/h3-10,13,15H,11-12H2,1-2H3,(H,24,25). The number of carbonyl (C=O) groups excluding carboxylic acids is 1. The summed E-state index contributed by atoms with van der Waals surface area (Å²) in [4.78, 5) is 16.9. The molecular formula is C21H21ClN2OS2. The molecule has 0 saturated heterocycles. The van der Waals surface area contributed by atoms with Crippen molar-refractivity contribution in [2.24, 2.45) is 0 Å². The molecule has 0 aliphatic rings. The summed E-state index contributed by atoms with van der Waals surface area (Å²) < 4.78 is 0. The number of rotatable bonds is 7. The summed E-state index contributed by atoms with van der Waals surface area (Å²) in [6, 6.07) is 15.7. The summed E-state index contributed by atoms with van der Waals surface area (Å²) in [7, 11) is 0. The number of para-hydroxylation sites is 1. The number of hydrogen-bond donors (Lipinski definition) is 1. The second-order valence-corrected chi connectivity index (χ2v) is 8.93. The monoisotopic (exact) mass is 416 g/mol. The molecule has 3 rings (SSSR count). The number of aromatic nitrogens is 1. The Hall–Kier alpha value is -1.82. The van der Waals surface area contributed by atoms with Gasteiger partial charge in [0.1, 0.15) is 5.01 Å². The van der Waals surface area contributed by atoms with Gasteiger partial charge in [-0.15, -0.1) is 23.1 Å². The fourth-order valence-corrected chi connectivity index (χ4v) is 4.86. The average molecular weight is 417 g/mol. The zero-order valence-corrected chi connectivity index (χ0v) is 17.6. The maximum absolute atomic E-state index is 12.3. The van der Waals surface area contributed by atoms with Gasteiger partial charge >= 0.3 is 0 Å². The minimum absolute atomic E-state index is 0.0395. The molecule has 140 valence electrons. The normalized spacial score (nSPS) is 12.0. The quantitative estimate of drug-likeness (QED) is 0.492. The van der Waals surface area contributed by atoms with Crippen LogP contribution in [0.15, 0.2) is 53.9 Å². The number of nitrogens with one attached hydrogen (secondary N) is 1. The van der Waals surface area contributed by atoms with Crippen molar-refractivity contribution in [2.45, 2.75) is 31.3 Å². The molecule has 1 aromatic heterocycles. The van der Waals surface area contributed by atoms with E-state index >= 15 is 0 Å². The summed E-state index contributed by atoms with van der Waals surface area (Å²) in [5.41, 5.74) is 4.04. The van der Waals surface area contributed by atoms with E-state index < -0.39 is 0 Å². The molecule has 0 aliphatic carbocycles. The third-order valence-electron chi connectivity index (χ3n) is 4.15. The Bertz CT molecular complexity index is 926. The van der Waals surface area contributed by atoms with Crippen LogP contribution >= 0.6 is 34.7 Å². The van der Waals surface area contributed by atoms with E-state index in [1.54, 1.807) is 11.8 Å². The van der Waals surface area contributed by atoms with E-state index in [0.717, 1.165) is 38.3 Å². The van der Waals surface area contributed by atoms with Gasteiger partial charge in [0.25, 0.3) is 0 Å². The summed E-state index contributed by atoms with van der Waals surface area (Å²) in [6.45, 7) is 4.13. The summed E-state index contributed by atoms with van der Waals surface area (Å²) >= 11 is 9.59. The first-order valence-electron chi connectivity index (χ1n) is 8.67. The van der Waals surface area contributed by atoms with Crippen molar-refractivity contribution in [3.8, 4) is 0 Å². The second kappa shape index (κ2) is 9.40. The third-order valence-corrected chi connectivity index (χ3v) is 6.61. The minimum Gasteiger partial charge on any atom is -0.325 e. The largest absolute Gasteiger partial charge is 0.325 e. The molecule has 1 N–H and O–H groups in total. The van der Waals surface area contributed by atoms with E-state index in [-0.39, 0.29) is 11.2 Å². The predicted octanol–water partition coefficient (Wildman–Crippen LogP) is 6.28. The van der Waals surface area contributed by atoms with Crippen LogP contribution in [0, 0.1) is 6.92 Å². The molecule has 0 saturated carbocycles. The van der Waals surface area contributed by atoms with E-state index in [2.05, 4.69) is 23.3 Å². The molecule has 1 unspecified atom stereocenters. The average Bonchev–Trinajstić information content (AvgIpc) is 3.09. The molecule has 2 aromatic carbocycles. The lowest BCUT2D eigenvalue weighted by atomic mass is 10.2. The van der Waals surface area contributed by atoms with Gasteiger partial charge in [-0.25, -0.2) is 4.98 Å². The van der Waals surface area contributed by atoms with Crippen molar-refractivity contribution < 1.29 is 4.79 Å². The molecule has 0 radical (unpaired) electrons. The fourth-order valence-electron chi connectivity index (χ4n) is 2.65. The molecule has 0 bridgehead atoms. The molecule has 6 heteroatoms. The maximum Gasteiger partial charge on any atom is 0.231 e. The number of carbonyl (C=O) groups is 1. The summed E-state index contributed by atoms with van der Waals surface area (Å²) in [5, 5.41) is 6.90. The third kappa shape index (κ3) is 5.58. The van der Waals surface area contributed by atoms with Crippen LogP contribution in [0.5, 0.6) is 0 Å². The Balaban J connectivity index is 1.53. The van der Waals surface area contributed by atoms with Gasteiger partial charge in [-0.2, -0.15) is 0 Å². The lowest BCUT2D eigenvalue weighted by Crippen LogP contribution is -2.15. The van der Waals surface area contributed by atoms with Crippen molar-refractivity contribution >= 4 is 46.3 Å². The van der Waals surface area contributed by atoms with E-state index in [4.69, 9.17) is 11.6 Å². The SMILES string of the molecule is Cc1ccccc1NC(=O)Cc1nc(CSC(C)c2ccccc2Cl)cs1. The molecule has 27 heavy (non-hydrogen) atoms. The number of amides is 1. The number of hydrogen-bond acceptors (Lipinski definition) is 4.